The highest BCUT2D eigenvalue weighted by Gasteiger charge is 2.37. The number of alkyl halides is 6. The van der Waals surface area contributed by atoms with E-state index in [4.69, 9.17) is 5.11 Å². The zero-order valence-corrected chi connectivity index (χ0v) is 5.50. The molecule has 0 saturated heterocycles. The highest BCUT2D eigenvalue weighted by Crippen LogP contribution is 2.29. The van der Waals surface area contributed by atoms with Crippen LogP contribution in [-0.4, -0.2) is 24.1 Å². The molecule has 0 saturated carbocycles. The summed E-state index contributed by atoms with van der Waals surface area (Å²) < 4.78 is 68.6. The highest BCUT2D eigenvalue weighted by molar-refractivity contribution is 5.11. The van der Waals surface area contributed by atoms with E-state index >= 15 is 0 Å². The lowest BCUT2D eigenvalue weighted by atomic mass is 10.2. The maximum absolute atomic E-state index is 11.5. The molecule has 0 rings (SSSR count). The molecule has 72 valence electrons. The predicted octanol–water partition coefficient (Wildman–Crippen LogP) is 2.03. The van der Waals surface area contributed by atoms with E-state index in [1.54, 1.807) is 0 Å². The fourth-order valence-corrected chi connectivity index (χ4v) is 0.415. The number of halogens is 6. The van der Waals surface area contributed by atoms with Gasteiger partial charge in [0, 0.05) is 6.08 Å². The third-order valence-corrected chi connectivity index (χ3v) is 0.872. The Morgan fingerprint density at radius 2 is 1.50 bits per heavy atom. The summed E-state index contributed by atoms with van der Waals surface area (Å²) in [4.78, 5) is 0. The van der Waals surface area contributed by atoms with Gasteiger partial charge in [0.05, 0.1) is 12.2 Å². The first-order valence-corrected chi connectivity index (χ1v) is 2.63. The van der Waals surface area contributed by atoms with Crippen LogP contribution in [0.4, 0.5) is 26.3 Å². The van der Waals surface area contributed by atoms with E-state index in [2.05, 4.69) is 0 Å². The average molecular weight is 194 g/mol. The van der Waals surface area contributed by atoms with Crippen molar-refractivity contribution in [1.82, 2.24) is 0 Å². The van der Waals surface area contributed by atoms with E-state index in [1.807, 2.05) is 0 Å². The standard InChI is InChI=1S/C5H4F6O/c6-4(7,8)1-3(2-12)5(9,10)11/h1,12H,2H2/b3-1-. The SMILES string of the molecule is OC/C(=C/C(F)(F)F)C(F)(F)F. The van der Waals surface area contributed by atoms with Crippen molar-refractivity contribution in [2.75, 3.05) is 6.61 Å². The van der Waals surface area contributed by atoms with Gasteiger partial charge in [0.25, 0.3) is 0 Å². The van der Waals surface area contributed by atoms with Crippen molar-refractivity contribution in [2.24, 2.45) is 0 Å². The minimum absolute atomic E-state index is 0.965. The van der Waals surface area contributed by atoms with Gasteiger partial charge in [-0.05, 0) is 0 Å². The van der Waals surface area contributed by atoms with Crippen molar-refractivity contribution < 1.29 is 31.4 Å². The smallest absolute Gasteiger partial charge is 0.392 e. The second-order valence-corrected chi connectivity index (χ2v) is 1.87. The number of aliphatic hydroxyl groups excluding tert-OH is 1. The third-order valence-electron chi connectivity index (χ3n) is 0.872. The lowest BCUT2D eigenvalue weighted by molar-refractivity contribution is -0.112. The Kier molecular flexibility index (Phi) is 3.14. The predicted molar refractivity (Wildman–Crippen MR) is 27.3 cm³/mol. The molecule has 1 N–H and O–H groups in total. The molecule has 0 aromatic rings. The maximum atomic E-state index is 11.5. The van der Waals surface area contributed by atoms with Crippen LogP contribution in [0.1, 0.15) is 0 Å². The summed E-state index contributed by atoms with van der Waals surface area (Å²) in [5.74, 6) is 0. The lowest BCUT2D eigenvalue weighted by Crippen LogP contribution is -2.18. The first-order chi connectivity index (χ1) is 5.17. The minimum Gasteiger partial charge on any atom is -0.392 e. The molecular formula is C5H4F6O. The molecule has 0 heterocycles. The van der Waals surface area contributed by atoms with E-state index in [-0.39, 0.29) is 0 Å². The second kappa shape index (κ2) is 3.34. The van der Waals surface area contributed by atoms with Gasteiger partial charge in [-0.25, -0.2) is 0 Å². The molecular weight excluding hydrogens is 190 g/mol. The maximum Gasteiger partial charge on any atom is 0.414 e. The molecule has 1 nitrogen and oxygen atoms in total. The van der Waals surface area contributed by atoms with Crippen LogP contribution in [0.2, 0.25) is 0 Å². The number of hydrogen-bond donors (Lipinski definition) is 1. The summed E-state index contributed by atoms with van der Waals surface area (Å²) in [6.07, 6.45) is -11.2. The van der Waals surface area contributed by atoms with Gasteiger partial charge in [0.15, 0.2) is 0 Å². The van der Waals surface area contributed by atoms with E-state index in [0.717, 1.165) is 0 Å². The Hall–Kier alpha value is -0.720. The fraction of sp³-hybridized carbons (Fsp3) is 0.600. The third kappa shape index (κ3) is 4.22. The quantitative estimate of drug-likeness (QED) is 0.500. The van der Waals surface area contributed by atoms with Crippen molar-refractivity contribution in [1.29, 1.82) is 0 Å². The van der Waals surface area contributed by atoms with Crippen LogP contribution >= 0.6 is 0 Å². The molecule has 0 amide bonds. The molecule has 0 fully saturated rings. The summed E-state index contributed by atoms with van der Waals surface area (Å²) in [5.41, 5.74) is -2.00. The van der Waals surface area contributed by atoms with Crippen molar-refractivity contribution in [3.63, 3.8) is 0 Å². The van der Waals surface area contributed by atoms with Crippen LogP contribution in [0.5, 0.6) is 0 Å². The van der Waals surface area contributed by atoms with E-state index in [1.165, 1.54) is 0 Å². The number of aliphatic hydroxyl groups is 1. The number of allylic oxidation sites excluding steroid dienone is 1. The Labute approximate surface area is 63.3 Å². The van der Waals surface area contributed by atoms with Crippen LogP contribution < -0.4 is 0 Å². The van der Waals surface area contributed by atoms with Crippen LogP contribution in [-0.2, 0) is 0 Å². The molecule has 7 heteroatoms. The summed E-state index contributed by atoms with van der Waals surface area (Å²) in [7, 11) is 0. The van der Waals surface area contributed by atoms with Crippen LogP contribution in [0.3, 0.4) is 0 Å². The minimum atomic E-state index is -5.13. The molecule has 0 atom stereocenters. The molecule has 0 bridgehead atoms. The molecule has 12 heavy (non-hydrogen) atoms. The van der Waals surface area contributed by atoms with Crippen molar-refractivity contribution >= 4 is 0 Å². The fourth-order valence-electron chi connectivity index (χ4n) is 0.415. The zero-order chi connectivity index (χ0) is 9.99. The lowest BCUT2D eigenvalue weighted by Gasteiger charge is -2.09. The second-order valence-electron chi connectivity index (χ2n) is 1.87. The van der Waals surface area contributed by atoms with Crippen molar-refractivity contribution in [2.45, 2.75) is 12.4 Å². The highest BCUT2D eigenvalue weighted by atomic mass is 19.4. The molecule has 0 aromatic carbocycles. The topological polar surface area (TPSA) is 20.2 Å². The molecule has 0 aliphatic heterocycles. The normalized spacial score (nSPS) is 15.1. The summed E-state index contributed by atoms with van der Waals surface area (Å²) in [6, 6.07) is 0. The van der Waals surface area contributed by atoms with Crippen LogP contribution in [0.25, 0.3) is 0 Å². The van der Waals surface area contributed by atoms with Crippen LogP contribution in [0.15, 0.2) is 11.6 Å². The molecule has 0 aliphatic carbocycles. The zero-order valence-electron chi connectivity index (χ0n) is 5.50. The Morgan fingerprint density at radius 1 is 1.08 bits per heavy atom. The van der Waals surface area contributed by atoms with E-state index < -0.39 is 30.6 Å². The van der Waals surface area contributed by atoms with Gasteiger partial charge in [0.2, 0.25) is 0 Å². The molecule has 0 aliphatic rings. The van der Waals surface area contributed by atoms with Gasteiger partial charge in [-0.2, -0.15) is 26.3 Å². The van der Waals surface area contributed by atoms with Crippen molar-refractivity contribution in [3.05, 3.63) is 11.6 Å². The van der Waals surface area contributed by atoms with Gasteiger partial charge < -0.3 is 5.11 Å². The van der Waals surface area contributed by atoms with E-state index in [9.17, 15) is 26.3 Å². The molecule has 0 spiro atoms. The largest absolute Gasteiger partial charge is 0.414 e. The first-order valence-electron chi connectivity index (χ1n) is 2.63. The van der Waals surface area contributed by atoms with Crippen LogP contribution in [0, 0.1) is 0 Å². The molecule has 0 unspecified atom stereocenters. The first kappa shape index (κ1) is 11.3. The van der Waals surface area contributed by atoms with Gasteiger partial charge in [0.1, 0.15) is 0 Å². The average Bonchev–Trinajstić information content (AvgIpc) is 1.78. The van der Waals surface area contributed by atoms with E-state index in [0.29, 0.717) is 0 Å². The molecule has 0 aromatic heterocycles. The Bertz CT molecular complexity index is 175. The van der Waals surface area contributed by atoms with Crippen molar-refractivity contribution in [3.8, 4) is 0 Å². The summed E-state index contributed by atoms with van der Waals surface area (Å²) >= 11 is 0. The van der Waals surface area contributed by atoms with Gasteiger partial charge >= 0.3 is 12.4 Å². The van der Waals surface area contributed by atoms with Gasteiger partial charge in [-0.3, -0.25) is 0 Å². The Balaban J connectivity index is 4.68. The van der Waals surface area contributed by atoms with Gasteiger partial charge in [-0.1, -0.05) is 0 Å². The monoisotopic (exact) mass is 194 g/mol. The number of hydrogen-bond acceptors (Lipinski definition) is 1. The molecule has 0 radical (unpaired) electrons. The summed E-state index contributed by atoms with van der Waals surface area (Å²) in [6.45, 7) is -1.68. The van der Waals surface area contributed by atoms with Gasteiger partial charge in [-0.15, -0.1) is 0 Å². The Morgan fingerprint density at radius 3 is 1.58 bits per heavy atom. The number of rotatable bonds is 1. The summed E-state index contributed by atoms with van der Waals surface area (Å²) in [5, 5.41) is 7.94.